The van der Waals surface area contributed by atoms with Crippen LogP contribution in [-0.2, 0) is 17.8 Å². The average Bonchev–Trinajstić information content (AvgIpc) is 2.84. The summed E-state index contributed by atoms with van der Waals surface area (Å²) in [7, 11) is 0. The van der Waals surface area contributed by atoms with Crippen LogP contribution in [0.4, 0.5) is 5.13 Å². The third-order valence-corrected chi connectivity index (χ3v) is 4.28. The Morgan fingerprint density at radius 1 is 1.18 bits per heavy atom. The zero-order valence-electron chi connectivity index (χ0n) is 9.89. The molecule has 1 aromatic rings. The Balaban J connectivity index is 1.47. The maximum Gasteiger partial charge on any atom is 0.180 e. The molecule has 1 fully saturated rings. The minimum absolute atomic E-state index is 0.711. The Morgan fingerprint density at radius 3 is 2.71 bits per heavy atom. The predicted octanol–water partition coefficient (Wildman–Crippen LogP) is 0.373. The van der Waals surface area contributed by atoms with Crippen LogP contribution < -0.4 is 5.73 Å². The van der Waals surface area contributed by atoms with E-state index in [0.29, 0.717) is 5.13 Å². The number of ether oxygens (including phenoxy) is 1. The van der Waals surface area contributed by atoms with Crippen molar-refractivity contribution in [2.24, 2.45) is 0 Å². The van der Waals surface area contributed by atoms with Gasteiger partial charge in [0.25, 0.3) is 0 Å². The molecular formula is C11H18N4OS. The topological polar surface area (TPSA) is 54.6 Å². The Kier molecular flexibility index (Phi) is 3.28. The Hall–Kier alpha value is -0.690. The molecule has 2 N–H and O–H groups in total. The van der Waals surface area contributed by atoms with Crippen molar-refractivity contribution in [2.45, 2.75) is 13.1 Å². The molecule has 2 aliphatic rings. The number of anilines is 1. The van der Waals surface area contributed by atoms with Crippen molar-refractivity contribution in [1.29, 1.82) is 0 Å². The smallest absolute Gasteiger partial charge is 0.180 e. The van der Waals surface area contributed by atoms with Crippen LogP contribution >= 0.6 is 11.3 Å². The summed E-state index contributed by atoms with van der Waals surface area (Å²) < 4.78 is 5.35. The Morgan fingerprint density at radius 2 is 1.94 bits per heavy atom. The van der Waals surface area contributed by atoms with Gasteiger partial charge in [-0.05, 0) is 0 Å². The van der Waals surface area contributed by atoms with E-state index in [-0.39, 0.29) is 0 Å². The third-order valence-electron chi connectivity index (χ3n) is 3.37. The Labute approximate surface area is 105 Å². The number of nitrogens with two attached hydrogens (primary N) is 1. The molecule has 3 heterocycles. The number of rotatable bonds is 3. The van der Waals surface area contributed by atoms with Crippen molar-refractivity contribution < 1.29 is 4.74 Å². The standard InChI is InChI=1S/C11H18N4OS/c12-11-13-9-7-15(8-10(9)17-11)2-1-14-3-5-16-6-4-14/h1-8H2,(H2,12,13). The molecule has 0 saturated carbocycles. The molecule has 94 valence electrons. The van der Waals surface area contributed by atoms with E-state index < -0.39 is 0 Å². The molecule has 0 aromatic carbocycles. The lowest BCUT2D eigenvalue weighted by Crippen LogP contribution is -2.40. The molecule has 1 aromatic heterocycles. The SMILES string of the molecule is Nc1nc2c(s1)CN(CCN1CCOCC1)C2. The number of nitrogens with zero attached hydrogens (tertiary/aromatic N) is 3. The summed E-state index contributed by atoms with van der Waals surface area (Å²) in [5, 5.41) is 0.711. The monoisotopic (exact) mass is 254 g/mol. The molecule has 3 rings (SSSR count). The largest absolute Gasteiger partial charge is 0.379 e. The summed E-state index contributed by atoms with van der Waals surface area (Å²) >= 11 is 1.63. The zero-order valence-corrected chi connectivity index (χ0v) is 10.7. The zero-order chi connectivity index (χ0) is 11.7. The summed E-state index contributed by atoms with van der Waals surface area (Å²) in [6.45, 7) is 8.14. The lowest BCUT2D eigenvalue weighted by atomic mass is 10.4. The van der Waals surface area contributed by atoms with Gasteiger partial charge < -0.3 is 10.5 Å². The van der Waals surface area contributed by atoms with E-state index in [9.17, 15) is 0 Å². The molecule has 0 unspecified atom stereocenters. The van der Waals surface area contributed by atoms with Crippen molar-refractivity contribution in [3.05, 3.63) is 10.6 Å². The van der Waals surface area contributed by atoms with Crippen LogP contribution in [0.15, 0.2) is 0 Å². The van der Waals surface area contributed by atoms with Crippen molar-refractivity contribution in [3.63, 3.8) is 0 Å². The van der Waals surface area contributed by atoms with E-state index in [1.165, 1.54) is 10.6 Å². The molecule has 2 aliphatic heterocycles. The fourth-order valence-electron chi connectivity index (χ4n) is 2.39. The number of hydrogen-bond donors (Lipinski definition) is 1. The quantitative estimate of drug-likeness (QED) is 0.845. The molecule has 0 spiro atoms. The minimum atomic E-state index is 0.711. The van der Waals surface area contributed by atoms with Crippen LogP contribution in [0.5, 0.6) is 0 Å². The number of hydrogen-bond acceptors (Lipinski definition) is 6. The van der Waals surface area contributed by atoms with Crippen LogP contribution in [0.1, 0.15) is 10.6 Å². The summed E-state index contributed by atoms with van der Waals surface area (Å²) in [6.07, 6.45) is 0. The molecule has 6 heteroatoms. The maximum absolute atomic E-state index is 5.69. The van der Waals surface area contributed by atoms with E-state index in [0.717, 1.165) is 52.5 Å². The average molecular weight is 254 g/mol. The highest BCUT2D eigenvalue weighted by Gasteiger charge is 2.23. The first-order valence-electron chi connectivity index (χ1n) is 6.08. The van der Waals surface area contributed by atoms with E-state index in [4.69, 9.17) is 10.5 Å². The number of thiazole rings is 1. The van der Waals surface area contributed by atoms with Gasteiger partial charge in [-0.2, -0.15) is 0 Å². The van der Waals surface area contributed by atoms with Gasteiger partial charge in [0.15, 0.2) is 5.13 Å². The number of nitrogen functional groups attached to an aromatic ring is 1. The number of aromatic nitrogens is 1. The molecule has 0 amide bonds. The maximum atomic E-state index is 5.69. The molecule has 0 atom stereocenters. The third kappa shape index (κ3) is 2.60. The van der Waals surface area contributed by atoms with E-state index >= 15 is 0 Å². The molecule has 0 radical (unpaired) electrons. The highest BCUT2D eigenvalue weighted by Crippen LogP contribution is 2.28. The highest BCUT2D eigenvalue weighted by molar-refractivity contribution is 7.15. The van der Waals surface area contributed by atoms with Crippen molar-refractivity contribution in [3.8, 4) is 0 Å². The second-order valence-corrected chi connectivity index (χ2v) is 5.70. The highest BCUT2D eigenvalue weighted by atomic mass is 32.1. The molecule has 0 bridgehead atoms. The summed E-state index contributed by atoms with van der Waals surface area (Å²) in [4.78, 5) is 10.6. The van der Waals surface area contributed by atoms with Crippen LogP contribution in [0.2, 0.25) is 0 Å². The van der Waals surface area contributed by atoms with Gasteiger partial charge in [-0.15, -0.1) is 11.3 Å². The van der Waals surface area contributed by atoms with Crippen LogP contribution in [0, 0.1) is 0 Å². The van der Waals surface area contributed by atoms with Crippen molar-refractivity contribution in [2.75, 3.05) is 45.1 Å². The molecule has 0 aliphatic carbocycles. The van der Waals surface area contributed by atoms with Gasteiger partial charge in [-0.25, -0.2) is 4.98 Å². The number of fused-ring (bicyclic) bond motifs is 1. The normalized spacial score (nSPS) is 21.9. The minimum Gasteiger partial charge on any atom is -0.379 e. The van der Waals surface area contributed by atoms with E-state index in [1.807, 2.05) is 0 Å². The molecular weight excluding hydrogens is 236 g/mol. The van der Waals surface area contributed by atoms with Gasteiger partial charge >= 0.3 is 0 Å². The fourth-order valence-corrected chi connectivity index (χ4v) is 3.27. The van der Waals surface area contributed by atoms with E-state index in [1.54, 1.807) is 11.3 Å². The van der Waals surface area contributed by atoms with Crippen molar-refractivity contribution in [1.82, 2.24) is 14.8 Å². The summed E-state index contributed by atoms with van der Waals surface area (Å²) in [5.41, 5.74) is 6.88. The molecule has 17 heavy (non-hydrogen) atoms. The van der Waals surface area contributed by atoms with Gasteiger partial charge in [0.1, 0.15) is 0 Å². The molecule has 5 nitrogen and oxygen atoms in total. The number of morpholine rings is 1. The van der Waals surface area contributed by atoms with Gasteiger partial charge in [-0.3, -0.25) is 9.80 Å². The summed E-state index contributed by atoms with van der Waals surface area (Å²) in [6, 6.07) is 0. The van der Waals surface area contributed by atoms with Gasteiger partial charge in [-0.1, -0.05) is 0 Å². The lowest BCUT2D eigenvalue weighted by molar-refractivity contribution is 0.0331. The van der Waals surface area contributed by atoms with Crippen LogP contribution in [-0.4, -0.2) is 54.2 Å². The lowest BCUT2D eigenvalue weighted by Gasteiger charge is -2.28. The van der Waals surface area contributed by atoms with Crippen molar-refractivity contribution >= 4 is 16.5 Å². The predicted molar refractivity (Wildman–Crippen MR) is 67.9 cm³/mol. The molecule has 1 saturated heterocycles. The van der Waals surface area contributed by atoms with Gasteiger partial charge in [0.2, 0.25) is 0 Å². The second-order valence-electron chi connectivity index (χ2n) is 4.59. The van der Waals surface area contributed by atoms with Gasteiger partial charge in [0.05, 0.1) is 18.9 Å². The van der Waals surface area contributed by atoms with Crippen LogP contribution in [0.25, 0.3) is 0 Å². The Bertz CT molecular complexity index is 365. The fraction of sp³-hybridized carbons (Fsp3) is 0.727. The van der Waals surface area contributed by atoms with Gasteiger partial charge in [0, 0.05) is 44.1 Å². The van der Waals surface area contributed by atoms with E-state index in [2.05, 4.69) is 14.8 Å². The first-order chi connectivity index (χ1) is 8.31. The second kappa shape index (κ2) is 4.89. The summed E-state index contributed by atoms with van der Waals surface area (Å²) in [5.74, 6) is 0. The first-order valence-corrected chi connectivity index (χ1v) is 6.89. The first kappa shape index (κ1) is 11.4. The van der Waals surface area contributed by atoms with Crippen LogP contribution in [0.3, 0.4) is 0 Å².